The molecule has 0 radical (unpaired) electrons. The Labute approximate surface area is 102 Å². The summed E-state index contributed by atoms with van der Waals surface area (Å²) in [5, 5.41) is 12.6. The van der Waals surface area contributed by atoms with E-state index in [1.165, 1.54) is 0 Å². The molecule has 1 rings (SSSR count). The fourth-order valence-corrected chi connectivity index (χ4v) is 2.81. The molecule has 0 aliphatic heterocycles. The van der Waals surface area contributed by atoms with Crippen molar-refractivity contribution in [1.82, 2.24) is 15.1 Å². The molecule has 3 N–H and O–H groups in total. The topological polar surface area (TPSA) is 90.0 Å². The van der Waals surface area contributed by atoms with E-state index in [1.54, 1.807) is 18.5 Å². The average Bonchev–Trinajstić information content (AvgIpc) is 2.48. The van der Waals surface area contributed by atoms with Crippen molar-refractivity contribution < 1.29 is 8.42 Å². The zero-order chi connectivity index (χ0) is 13.1. The van der Waals surface area contributed by atoms with Crippen LogP contribution in [0.1, 0.15) is 24.7 Å². The summed E-state index contributed by atoms with van der Waals surface area (Å²) in [5.41, 5.74) is 1.08. The molecule has 0 spiro atoms. The van der Waals surface area contributed by atoms with Gasteiger partial charge in [-0.1, -0.05) is 6.92 Å². The van der Waals surface area contributed by atoms with Gasteiger partial charge in [-0.3, -0.25) is 4.68 Å². The predicted octanol–water partition coefficient (Wildman–Crippen LogP) is 0.147. The summed E-state index contributed by atoms with van der Waals surface area (Å²) in [6.07, 6.45) is 0.903. The van der Waals surface area contributed by atoms with E-state index < -0.39 is 10.0 Å². The Hall–Kier alpha value is -0.920. The van der Waals surface area contributed by atoms with Crippen LogP contribution >= 0.6 is 0 Å². The molecule has 98 valence electrons. The van der Waals surface area contributed by atoms with Crippen LogP contribution in [-0.4, -0.2) is 31.3 Å². The summed E-state index contributed by atoms with van der Waals surface area (Å²) in [7, 11) is -3.68. The Morgan fingerprint density at radius 1 is 1.41 bits per heavy atom. The number of hydrogen-bond acceptors (Lipinski definition) is 4. The molecule has 1 aromatic heterocycles. The van der Waals surface area contributed by atoms with Crippen molar-refractivity contribution in [1.29, 1.82) is 0 Å². The van der Waals surface area contributed by atoms with Crippen LogP contribution in [0, 0.1) is 13.8 Å². The van der Waals surface area contributed by atoms with Gasteiger partial charge >= 0.3 is 0 Å². The lowest BCUT2D eigenvalue weighted by molar-refractivity contribution is 0.536. The molecule has 1 heterocycles. The van der Waals surface area contributed by atoms with E-state index in [1.807, 2.05) is 6.92 Å². The van der Waals surface area contributed by atoms with Crippen LogP contribution in [0.2, 0.25) is 0 Å². The first-order chi connectivity index (χ1) is 7.88. The predicted molar refractivity (Wildman–Crippen MR) is 66.2 cm³/mol. The van der Waals surface area contributed by atoms with Crippen LogP contribution in [0.15, 0.2) is 4.90 Å². The summed E-state index contributed by atoms with van der Waals surface area (Å²) >= 11 is 0. The Balaban J connectivity index is 2.83. The normalized spacial score (nSPS) is 12.0. The third-order valence-corrected chi connectivity index (χ3v) is 3.73. The van der Waals surface area contributed by atoms with Gasteiger partial charge in [0.1, 0.15) is 4.90 Å². The lowest BCUT2D eigenvalue weighted by Crippen LogP contribution is -2.17. The number of hydrogen-bond donors (Lipinski definition) is 2. The Morgan fingerprint density at radius 2 is 2.06 bits per heavy atom. The van der Waals surface area contributed by atoms with Gasteiger partial charge in [-0.2, -0.15) is 5.10 Å². The van der Waals surface area contributed by atoms with Crippen molar-refractivity contribution in [3.63, 3.8) is 0 Å². The number of sulfonamides is 1. The standard InChI is InChI=1S/C10H20N4O2S/c1-4-12-6-5-7-14-9(3)10(8(2)13-14)17(11,15)16/h12H,4-7H2,1-3H3,(H2,11,15,16). The van der Waals surface area contributed by atoms with E-state index in [-0.39, 0.29) is 4.90 Å². The second-order valence-electron chi connectivity index (χ2n) is 3.98. The minimum atomic E-state index is -3.68. The van der Waals surface area contributed by atoms with E-state index in [9.17, 15) is 8.42 Å². The molecule has 17 heavy (non-hydrogen) atoms. The van der Waals surface area contributed by atoms with Gasteiger partial charge in [0.15, 0.2) is 0 Å². The number of nitrogens with two attached hydrogens (primary N) is 1. The Bertz CT molecular complexity index is 479. The summed E-state index contributed by atoms with van der Waals surface area (Å²) in [4.78, 5) is 0.154. The van der Waals surface area contributed by atoms with Crippen LogP contribution in [-0.2, 0) is 16.6 Å². The number of aromatic nitrogens is 2. The van der Waals surface area contributed by atoms with Crippen LogP contribution in [0.5, 0.6) is 0 Å². The van der Waals surface area contributed by atoms with Crippen LogP contribution in [0.4, 0.5) is 0 Å². The number of nitrogens with zero attached hydrogens (tertiary/aromatic N) is 2. The molecule has 0 saturated heterocycles. The largest absolute Gasteiger partial charge is 0.317 e. The molecular formula is C10H20N4O2S. The van der Waals surface area contributed by atoms with Gasteiger partial charge in [0.25, 0.3) is 0 Å². The summed E-state index contributed by atoms with van der Waals surface area (Å²) in [6, 6.07) is 0. The lowest BCUT2D eigenvalue weighted by Gasteiger charge is -2.05. The van der Waals surface area contributed by atoms with Crippen molar-refractivity contribution in [2.75, 3.05) is 13.1 Å². The van der Waals surface area contributed by atoms with Gasteiger partial charge in [0.2, 0.25) is 10.0 Å². The minimum absolute atomic E-state index is 0.154. The third kappa shape index (κ3) is 3.52. The highest BCUT2D eigenvalue weighted by molar-refractivity contribution is 7.89. The minimum Gasteiger partial charge on any atom is -0.317 e. The molecule has 0 atom stereocenters. The first kappa shape index (κ1) is 14.1. The van der Waals surface area contributed by atoms with Gasteiger partial charge in [-0.25, -0.2) is 13.6 Å². The molecule has 0 fully saturated rings. The molecule has 7 heteroatoms. The SMILES string of the molecule is CCNCCCn1nc(C)c(S(N)(=O)=O)c1C. The first-order valence-electron chi connectivity index (χ1n) is 5.65. The number of rotatable bonds is 6. The van der Waals surface area contributed by atoms with E-state index in [0.717, 1.165) is 19.5 Å². The summed E-state index contributed by atoms with van der Waals surface area (Å²) < 4.78 is 24.5. The Kier molecular flexibility index (Phi) is 4.67. The smallest absolute Gasteiger partial charge is 0.241 e. The van der Waals surface area contributed by atoms with Crippen LogP contribution < -0.4 is 10.5 Å². The molecule has 0 saturated carbocycles. The molecule has 0 aliphatic carbocycles. The second kappa shape index (κ2) is 5.61. The van der Waals surface area contributed by atoms with Gasteiger partial charge in [-0.05, 0) is 33.4 Å². The monoisotopic (exact) mass is 260 g/mol. The van der Waals surface area contributed by atoms with Crippen LogP contribution in [0.3, 0.4) is 0 Å². The zero-order valence-electron chi connectivity index (χ0n) is 10.5. The Morgan fingerprint density at radius 3 is 2.53 bits per heavy atom. The molecule has 0 aliphatic rings. The molecular weight excluding hydrogens is 240 g/mol. The number of primary sulfonamides is 1. The fourth-order valence-electron chi connectivity index (χ4n) is 1.84. The molecule has 6 nitrogen and oxygen atoms in total. The highest BCUT2D eigenvalue weighted by Crippen LogP contribution is 2.17. The maximum atomic E-state index is 11.4. The molecule has 0 unspecified atom stereocenters. The van der Waals surface area contributed by atoms with Crippen LogP contribution in [0.25, 0.3) is 0 Å². The van der Waals surface area contributed by atoms with E-state index in [2.05, 4.69) is 10.4 Å². The average molecular weight is 260 g/mol. The first-order valence-corrected chi connectivity index (χ1v) is 7.20. The van der Waals surface area contributed by atoms with Crippen molar-refractivity contribution >= 4 is 10.0 Å². The fraction of sp³-hybridized carbons (Fsp3) is 0.700. The zero-order valence-corrected chi connectivity index (χ0v) is 11.3. The summed E-state index contributed by atoms with van der Waals surface area (Å²) in [6.45, 7) is 7.94. The number of nitrogens with one attached hydrogen (secondary N) is 1. The van der Waals surface area contributed by atoms with Gasteiger partial charge in [-0.15, -0.1) is 0 Å². The van der Waals surface area contributed by atoms with Gasteiger partial charge in [0.05, 0.1) is 11.4 Å². The summed E-state index contributed by atoms with van der Waals surface area (Å²) in [5.74, 6) is 0. The molecule has 0 bridgehead atoms. The van der Waals surface area contributed by atoms with Crippen molar-refractivity contribution in [3.05, 3.63) is 11.4 Å². The highest BCUT2D eigenvalue weighted by Gasteiger charge is 2.20. The van der Waals surface area contributed by atoms with Crippen molar-refractivity contribution in [2.45, 2.75) is 38.6 Å². The quantitative estimate of drug-likeness (QED) is 0.712. The van der Waals surface area contributed by atoms with Crippen molar-refractivity contribution in [3.8, 4) is 0 Å². The maximum absolute atomic E-state index is 11.4. The molecule has 1 aromatic rings. The van der Waals surface area contributed by atoms with Crippen molar-refractivity contribution in [2.24, 2.45) is 5.14 Å². The van der Waals surface area contributed by atoms with Gasteiger partial charge in [0, 0.05) is 6.54 Å². The number of aryl methyl sites for hydroxylation is 2. The molecule has 0 amide bonds. The van der Waals surface area contributed by atoms with E-state index in [0.29, 0.717) is 17.9 Å². The second-order valence-corrected chi connectivity index (χ2v) is 5.47. The van der Waals surface area contributed by atoms with E-state index in [4.69, 9.17) is 5.14 Å². The van der Waals surface area contributed by atoms with E-state index >= 15 is 0 Å². The third-order valence-electron chi connectivity index (χ3n) is 2.57. The lowest BCUT2D eigenvalue weighted by atomic mass is 10.4. The highest BCUT2D eigenvalue weighted by atomic mass is 32.2. The van der Waals surface area contributed by atoms with Gasteiger partial charge < -0.3 is 5.32 Å². The molecule has 0 aromatic carbocycles. The maximum Gasteiger partial charge on any atom is 0.241 e.